The number of nitrogens with zero attached hydrogens (tertiary/aromatic N) is 1. The summed E-state index contributed by atoms with van der Waals surface area (Å²) in [6.45, 7) is 1.41. The van der Waals surface area contributed by atoms with Gasteiger partial charge in [-0.15, -0.1) is 0 Å². The molecule has 13 nitrogen and oxygen atoms in total. The van der Waals surface area contributed by atoms with E-state index in [2.05, 4.69) is 10.3 Å². The van der Waals surface area contributed by atoms with Crippen molar-refractivity contribution in [1.29, 1.82) is 0 Å². The van der Waals surface area contributed by atoms with Crippen LogP contribution < -0.4 is 16.4 Å². The molecule has 2 aromatic rings. The zero-order chi connectivity index (χ0) is 27.3. The first-order valence-electron chi connectivity index (χ1n) is 11.8. The van der Waals surface area contributed by atoms with Crippen molar-refractivity contribution in [3.05, 3.63) is 36.0 Å². The molecule has 2 heterocycles. The molecular formula is C24H31N5O8. The van der Waals surface area contributed by atoms with Crippen LogP contribution in [-0.2, 0) is 30.4 Å². The van der Waals surface area contributed by atoms with Gasteiger partial charge in [0.15, 0.2) is 6.04 Å². The Balaban J connectivity index is 1.69. The highest BCUT2D eigenvalue weighted by atomic mass is 16.4. The van der Waals surface area contributed by atoms with Crippen molar-refractivity contribution in [2.45, 2.75) is 62.9 Å². The molecule has 0 radical (unpaired) electrons. The highest BCUT2D eigenvalue weighted by Crippen LogP contribution is 2.22. The highest BCUT2D eigenvalue weighted by molar-refractivity contribution is 5.96. The maximum Gasteiger partial charge on any atom is 0.328 e. The van der Waals surface area contributed by atoms with E-state index in [0.717, 1.165) is 23.4 Å². The predicted molar refractivity (Wildman–Crippen MR) is 130 cm³/mol. The Kier molecular flexibility index (Phi) is 8.84. The van der Waals surface area contributed by atoms with Crippen molar-refractivity contribution in [3.8, 4) is 0 Å². The van der Waals surface area contributed by atoms with Gasteiger partial charge in [0, 0.05) is 23.6 Å². The quantitative estimate of drug-likeness (QED) is 0.193. The van der Waals surface area contributed by atoms with Crippen LogP contribution in [0.15, 0.2) is 30.5 Å². The third-order valence-corrected chi connectivity index (χ3v) is 6.33. The molecule has 1 aromatic heterocycles. The number of aliphatic hydroxyl groups excluding tert-OH is 1. The van der Waals surface area contributed by atoms with Crippen LogP contribution in [0.25, 0.3) is 10.9 Å². The molecule has 3 amide bonds. The number of fused-ring (bicyclic) bond motifs is 1. The van der Waals surface area contributed by atoms with E-state index in [1.54, 1.807) is 6.20 Å². The Hall–Kier alpha value is -3.97. The Labute approximate surface area is 212 Å². The van der Waals surface area contributed by atoms with Gasteiger partial charge in [-0.1, -0.05) is 18.2 Å². The van der Waals surface area contributed by atoms with E-state index >= 15 is 0 Å². The highest BCUT2D eigenvalue weighted by Gasteiger charge is 2.38. The minimum absolute atomic E-state index is 0.230. The number of carboxylic acids is 2. The summed E-state index contributed by atoms with van der Waals surface area (Å²) in [6, 6.07) is 2.32. The summed E-state index contributed by atoms with van der Waals surface area (Å²) in [5.74, 6) is -5.24. The molecule has 1 aromatic carbocycles. The lowest BCUT2D eigenvalue weighted by atomic mass is 10.0. The number of hydrogen-bond donors (Lipinski definition) is 7. The van der Waals surface area contributed by atoms with Crippen LogP contribution in [0.2, 0.25) is 0 Å². The molecule has 8 N–H and O–H groups in total. The first kappa shape index (κ1) is 27.6. The van der Waals surface area contributed by atoms with Gasteiger partial charge in [0.2, 0.25) is 17.7 Å². The number of aliphatic hydroxyl groups is 1. The van der Waals surface area contributed by atoms with E-state index in [1.807, 2.05) is 29.6 Å². The number of likely N-dealkylation sites (tertiary alicyclic amines) is 1. The Bertz CT molecular complexity index is 1180. The topological polar surface area (TPSA) is 215 Å². The largest absolute Gasteiger partial charge is 0.481 e. The molecule has 0 aliphatic carbocycles. The summed E-state index contributed by atoms with van der Waals surface area (Å²) in [6.07, 6.45) is 0.494. The van der Waals surface area contributed by atoms with Crippen molar-refractivity contribution in [2.24, 2.45) is 5.73 Å². The number of rotatable bonds is 11. The van der Waals surface area contributed by atoms with E-state index in [1.165, 1.54) is 4.90 Å². The molecule has 0 saturated carbocycles. The van der Waals surface area contributed by atoms with E-state index < -0.39 is 66.4 Å². The number of nitrogens with two attached hydrogens (primary N) is 1. The van der Waals surface area contributed by atoms with Crippen molar-refractivity contribution in [3.63, 3.8) is 0 Å². The standard InChI is InChI=1S/C24H31N5O8/c1-12(30)20(24(36)37)28-21(33)17(10-19(31)32)27-22(34)18-7-4-8-29(18)23(35)15(25)9-13-11-26-16-6-3-2-5-14(13)16/h2-3,5-6,11-12,15,17-18,20,26,30H,4,7-10,25H2,1H3,(H,27,34)(H,28,33)(H,31,32)(H,36,37)/t12-,15+,17+,18+,20+/m1/s1. The number of H-pyrrole nitrogens is 1. The average Bonchev–Trinajstić information content (AvgIpc) is 3.48. The molecule has 37 heavy (non-hydrogen) atoms. The van der Waals surface area contributed by atoms with Gasteiger partial charge < -0.3 is 41.6 Å². The monoisotopic (exact) mass is 517 g/mol. The maximum absolute atomic E-state index is 13.2. The molecule has 3 rings (SSSR count). The lowest BCUT2D eigenvalue weighted by Gasteiger charge is -2.28. The average molecular weight is 518 g/mol. The normalized spacial score (nSPS) is 18.6. The summed E-state index contributed by atoms with van der Waals surface area (Å²) >= 11 is 0. The number of hydrogen-bond acceptors (Lipinski definition) is 7. The predicted octanol–water partition coefficient (Wildman–Crippen LogP) is -1.06. The number of amides is 3. The zero-order valence-corrected chi connectivity index (χ0v) is 20.2. The first-order valence-corrected chi connectivity index (χ1v) is 11.8. The zero-order valence-electron chi connectivity index (χ0n) is 20.2. The van der Waals surface area contributed by atoms with Crippen molar-refractivity contribution in [2.75, 3.05) is 6.54 Å². The van der Waals surface area contributed by atoms with Gasteiger partial charge in [-0.25, -0.2) is 4.79 Å². The van der Waals surface area contributed by atoms with E-state index in [9.17, 15) is 39.3 Å². The molecule has 13 heteroatoms. The van der Waals surface area contributed by atoms with Gasteiger partial charge in [0.1, 0.15) is 12.1 Å². The fourth-order valence-electron chi connectivity index (χ4n) is 4.44. The number of carboxylic acid groups (broad SMARTS) is 2. The second-order valence-electron chi connectivity index (χ2n) is 9.08. The van der Waals surface area contributed by atoms with Gasteiger partial charge in [0.25, 0.3) is 0 Å². The number of benzene rings is 1. The summed E-state index contributed by atoms with van der Waals surface area (Å²) in [5.41, 5.74) is 7.96. The number of para-hydroxylation sites is 1. The van der Waals surface area contributed by atoms with Crippen LogP contribution >= 0.6 is 0 Å². The smallest absolute Gasteiger partial charge is 0.328 e. The number of aromatic amines is 1. The van der Waals surface area contributed by atoms with E-state index in [4.69, 9.17) is 5.73 Å². The van der Waals surface area contributed by atoms with Crippen LogP contribution in [0.4, 0.5) is 0 Å². The molecule has 1 aliphatic heterocycles. The van der Waals surface area contributed by atoms with Gasteiger partial charge in [-0.2, -0.15) is 0 Å². The molecule has 5 atom stereocenters. The molecule has 0 bridgehead atoms. The SMILES string of the molecule is C[C@@H](O)[C@H](NC(=O)[C@H](CC(=O)O)NC(=O)[C@@H]1CCCN1C(=O)[C@@H](N)Cc1c[nH]c2ccccc12)C(=O)O. The minimum Gasteiger partial charge on any atom is -0.481 e. The van der Waals surface area contributed by atoms with Crippen molar-refractivity contribution < 1.29 is 39.3 Å². The molecule has 0 unspecified atom stereocenters. The lowest BCUT2D eigenvalue weighted by molar-refractivity contribution is -0.146. The van der Waals surface area contributed by atoms with E-state index in [0.29, 0.717) is 6.42 Å². The van der Waals surface area contributed by atoms with Gasteiger partial charge in [-0.3, -0.25) is 19.2 Å². The fraction of sp³-hybridized carbons (Fsp3) is 0.458. The van der Waals surface area contributed by atoms with Gasteiger partial charge in [-0.05, 0) is 37.8 Å². The second-order valence-corrected chi connectivity index (χ2v) is 9.08. The van der Waals surface area contributed by atoms with Crippen LogP contribution in [0.1, 0.15) is 31.7 Å². The second kappa shape index (κ2) is 11.8. The number of carbonyl (C=O) groups is 5. The van der Waals surface area contributed by atoms with Crippen LogP contribution in [0, 0.1) is 0 Å². The molecule has 0 spiro atoms. The number of nitrogens with one attached hydrogen (secondary N) is 3. The summed E-state index contributed by atoms with van der Waals surface area (Å²) < 4.78 is 0. The third-order valence-electron chi connectivity index (χ3n) is 6.33. The minimum atomic E-state index is -1.70. The van der Waals surface area contributed by atoms with Crippen LogP contribution in [0.3, 0.4) is 0 Å². The number of carbonyl (C=O) groups excluding carboxylic acids is 3. The van der Waals surface area contributed by atoms with Crippen molar-refractivity contribution in [1.82, 2.24) is 20.5 Å². The van der Waals surface area contributed by atoms with E-state index in [-0.39, 0.29) is 19.4 Å². The van der Waals surface area contributed by atoms with Crippen LogP contribution in [0.5, 0.6) is 0 Å². The third kappa shape index (κ3) is 6.62. The summed E-state index contributed by atoms with van der Waals surface area (Å²) in [5, 5.41) is 33.2. The summed E-state index contributed by atoms with van der Waals surface area (Å²) in [7, 11) is 0. The Morgan fingerprint density at radius 1 is 1.16 bits per heavy atom. The molecule has 1 aliphatic rings. The summed E-state index contributed by atoms with van der Waals surface area (Å²) in [4.78, 5) is 65.8. The molecule has 200 valence electrons. The first-order chi connectivity index (χ1) is 17.5. The fourth-order valence-corrected chi connectivity index (χ4v) is 4.44. The van der Waals surface area contributed by atoms with Gasteiger partial charge in [0.05, 0.1) is 18.6 Å². The molecular weight excluding hydrogens is 486 g/mol. The number of aromatic nitrogens is 1. The Morgan fingerprint density at radius 2 is 1.86 bits per heavy atom. The maximum atomic E-state index is 13.2. The van der Waals surface area contributed by atoms with Crippen LogP contribution in [-0.4, -0.2) is 91.7 Å². The van der Waals surface area contributed by atoms with Crippen molar-refractivity contribution >= 4 is 40.6 Å². The van der Waals surface area contributed by atoms with Gasteiger partial charge >= 0.3 is 11.9 Å². The molecule has 1 fully saturated rings. The molecule has 1 saturated heterocycles. The number of aliphatic carboxylic acids is 2. The lowest BCUT2D eigenvalue weighted by Crippen LogP contribution is -2.58. The Morgan fingerprint density at radius 3 is 2.51 bits per heavy atom.